The smallest absolute Gasteiger partial charge is 0.255 e. The Hall–Kier alpha value is -5.79. The number of benzene rings is 3. The average Bonchev–Trinajstić information content (AvgIpc) is 3.10. The highest BCUT2D eigenvalue weighted by atomic mass is 16.5. The summed E-state index contributed by atoms with van der Waals surface area (Å²) < 4.78 is 16.6. The largest absolute Gasteiger partial charge is 0.508 e. The van der Waals surface area contributed by atoms with Gasteiger partial charge < -0.3 is 45.9 Å². The second-order valence-electron chi connectivity index (χ2n) is 11.9. The molecule has 0 fully saturated rings. The van der Waals surface area contributed by atoms with Crippen molar-refractivity contribution in [2.45, 2.75) is 44.8 Å². The first kappa shape index (κ1) is 37.0. The van der Waals surface area contributed by atoms with Crippen molar-refractivity contribution in [3.05, 3.63) is 83.9 Å². The van der Waals surface area contributed by atoms with E-state index in [-0.39, 0.29) is 55.7 Å². The van der Waals surface area contributed by atoms with Gasteiger partial charge in [0.25, 0.3) is 5.91 Å². The molecule has 1 aliphatic heterocycles. The highest BCUT2D eigenvalue weighted by Crippen LogP contribution is 2.19. The van der Waals surface area contributed by atoms with Gasteiger partial charge >= 0.3 is 0 Å². The minimum Gasteiger partial charge on any atom is -0.508 e. The molecule has 50 heavy (non-hydrogen) atoms. The van der Waals surface area contributed by atoms with E-state index in [4.69, 9.17) is 14.2 Å². The number of amides is 5. The molecule has 3 atom stereocenters. The lowest BCUT2D eigenvalue weighted by atomic mass is 10.0. The summed E-state index contributed by atoms with van der Waals surface area (Å²) in [5.41, 5.74) is 0.735. The molecule has 0 spiro atoms. The molecule has 14 nitrogen and oxygen atoms in total. The summed E-state index contributed by atoms with van der Waals surface area (Å²) in [7, 11) is 1.55. The van der Waals surface area contributed by atoms with Crippen molar-refractivity contribution in [3.63, 3.8) is 0 Å². The van der Waals surface area contributed by atoms with Gasteiger partial charge in [0.05, 0.1) is 32.2 Å². The molecule has 0 radical (unpaired) electrons. The van der Waals surface area contributed by atoms with Crippen molar-refractivity contribution in [2.24, 2.45) is 5.92 Å². The lowest BCUT2D eigenvalue weighted by molar-refractivity contribution is -0.133. The highest BCUT2D eigenvalue weighted by molar-refractivity contribution is 6.01. The maximum atomic E-state index is 13.6. The lowest BCUT2D eigenvalue weighted by Gasteiger charge is -2.26. The summed E-state index contributed by atoms with van der Waals surface area (Å²) in [4.78, 5) is 67.3. The molecule has 0 aliphatic carbocycles. The molecular weight excluding hydrogens is 646 g/mol. The Morgan fingerprint density at radius 2 is 1.62 bits per heavy atom. The number of carbonyl (C=O) groups excluding carboxylic acids is 5. The summed E-state index contributed by atoms with van der Waals surface area (Å²) in [6, 6.07) is 15.9. The zero-order valence-electron chi connectivity index (χ0n) is 28.2. The van der Waals surface area contributed by atoms with Gasteiger partial charge in [-0.05, 0) is 60.0 Å². The molecule has 5 amide bonds. The zero-order chi connectivity index (χ0) is 36.0. The number of aromatic hydroxyl groups is 1. The maximum Gasteiger partial charge on any atom is 0.255 e. The first-order valence-corrected chi connectivity index (χ1v) is 16.3. The van der Waals surface area contributed by atoms with E-state index in [1.165, 1.54) is 18.2 Å². The molecule has 0 saturated heterocycles. The van der Waals surface area contributed by atoms with Crippen LogP contribution in [-0.2, 0) is 25.6 Å². The fourth-order valence-electron chi connectivity index (χ4n) is 5.11. The Bertz CT molecular complexity index is 1630. The Morgan fingerprint density at radius 3 is 2.32 bits per heavy atom. The monoisotopic (exact) mass is 689 g/mol. The molecule has 6 N–H and O–H groups in total. The van der Waals surface area contributed by atoms with E-state index in [1.54, 1.807) is 75.6 Å². The number of methoxy groups -OCH3 is 1. The third-order valence-electron chi connectivity index (χ3n) is 7.81. The number of para-hydroxylation sites is 1. The van der Waals surface area contributed by atoms with Gasteiger partial charge in [-0.2, -0.15) is 0 Å². The molecule has 0 aromatic heterocycles. The van der Waals surface area contributed by atoms with Gasteiger partial charge in [-0.15, -0.1) is 0 Å². The molecule has 266 valence electrons. The average molecular weight is 690 g/mol. The number of ether oxygens (including phenoxy) is 3. The molecule has 4 rings (SSSR count). The van der Waals surface area contributed by atoms with Crippen LogP contribution >= 0.6 is 0 Å². The Kier molecular flexibility index (Phi) is 13.4. The number of phenolic OH excluding ortho intramolecular Hbond substituents is 1. The fraction of sp³-hybridized carbons (Fsp3) is 0.361. The van der Waals surface area contributed by atoms with Crippen LogP contribution in [0.15, 0.2) is 72.8 Å². The van der Waals surface area contributed by atoms with Gasteiger partial charge in [0.15, 0.2) is 0 Å². The molecule has 0 saturated carbocycles. The van der Waals surface area contributed by atoms with Crippen LogP contribution in [0.25, 0.3) is 0 Å². The summed E-state index contributed by atoms with van der Waals surface area (Å²) in [5, 5.41) is 23.2. The van der Waals surface area contributed by atoms with Gasteiger partial charge in [-0.1, -0.05) is 38.1 Å². The van der Waals surface area contributed by atoms with Crippen molar-refractivity contribution in [1.29, 1.82) is 0 Å². The minimum atomic E-state index is -1.35. The number of phenols is 1. The zero-order valence-corrected chi connectivity index (χ0v) is 28.2. The van der Waals surface area contributed by atoms with E-state index in [1.807, 2.05) is 0 Å². The van der Waals surface area contributed by atoms with E-state index in [9.17, 15) is 29.1 Å². The third kappa shape index (κ3) is 10.9. The quantitative estimate of drug-likeness (QED) is 0.181. The topological polar surface area (TPSA) is 193 Å². The van der Waals surface area contributed by atoms with Crippen LogP contribution in [-0.4, -0.2) is 86.2 Å². The van der Waals surface area contributed by atoms with Gasteiger partial charge in [-0.3, -0.25) is 24.0 Å². The molecule has 1 heterocycles. The van der Waals surface area contributed by atoms with E-state index in [2.05, 4.69) is 26.6 Å². The predicted octanol–water partition coefficient (Wildman–Crippen LogP) is 1.46. The molecule has 1 aliphatic rings. The van der Waals surface area contributed by atoms with E-state index >= 15 is 0 Å². The van der Waals surface area contributed by atoms with Gasteiger partial charge in [0, 0.05) is 6.42 Å². The number of hydrogen-bond acceptors (Lipinski definition) is 9. The summed E-state index contributed by atoms with van der Waals surface area (Å²) in [6.45, 7) is 3.79. The first-order valence-electron chi connectivity index (χ1n) is 16.3. The molecular formula is C36H43N5O9. The van der Waals surface area contributed by atoms with E-state index in [0.29, 0.717) is 17.1 Å². The maximum absolute atomic E-state index is 13.6. The minimum absolute atomic E-state index is 0.0103. The van der Waals surface area contributed by atoms with Gasteiger partial charge in [-0.25, -0.2) is 0 Å². The summed E-state index contributed by atoms with van der Waals surface area (Å²) in [5.74, 6) is -1.97. The van der Waals surface area contributed by atoms with Crippen LogP contribution < -0.4 is 40.8 Å². The number of fused-ring (bicyclic) bond motifs is 1. The number of carbonyl (C=O) groups is 5. The second kappa shape index (κ2) is 18.1. The van der Waals surface area contributed by atoms with Crippen molar-refractivity contribution < 1.29 is 43.3 Å². The molecule has 3 aromatic rings. The molecule has 3 aromatic carbocycles. The van der Waals surface area contributed by atoms with Crippen molar-refractivity contribution in [1.82, 2.24) is 26.6 Å². The van der Waals surface area contributed by atoms with E-state index in [0.717, 1.165) is 0 Å². The lowest BCUT2D eigenvalue weighted by Crippen LogP contribution is -2.57. The summed E-state index contributed by atoms with van der Waals surface area (Å²) in [6.07, 6.45) is -0.509. The van der Waals surface area contributed by atoms with Crippen molar-refractivity contribution in [3.8, 4) is 23.0 Å². The Balaban J connectivity index is 1.57. The molecule has 0 bridgehead atoms. The first-order chi connectivity index (χ1) is 24.0. The van der Waals surface area contributed by atoms with Crippen LogP contribution in [0.3, 0.4) is 0 Å². The van der Waals surface area contributed by atoms with Crippen LogP contribution in [0, 0.1) is 5.92 Å². The number of hydrogen-bond donors (Lipinski definition) is 6. The predicted molar refractivity (Wildman–Crippen MR) is 183 cm³/mol. The van der Waals surface area contributed by atoms with Crippen molar-refractivity contribution >= 4 is 29.5 Å². The SMILES string of the molecule is COc1ccc(OCCNC(=O)[C@@H]2CC(=O)N[C@@H](Cc3ccc(O)cc3)C(=O)N[C@H](C(C)C)C(=O)NCCOc3ccccc3C(=O)N2)cc1. The van der Waals surface area contributed by atoms with Crippen LogP contribution in [0.1, 0.15) is 36.2 Å². The van der Waals surface area contributed by atoms with Crippen LogP contribution in [0.4, 0.5) is 0 Å². The summed E-state index contributed by atoms with van der Waals surface area (Å²) >= 11 is 0. The van der Waals surface area contributed by atoms with Crippen LogP contribution in [0.2, 0.25) is 0 Å². The highest BCUT2D eigenvalue weighted by Gasteiger charge is 2.31. The van der Waals surface area contributed by atoms with E-state index < -0.39 is 54.1 Å². The third-order valence-corrected chi connectivity index (χ3v) is 7.81. The second-order valence-corrected chi connectivity index (χ2v) is 11.9. The number of rotatable bonds is 9. The van der Waals surface area contributed by atoms with Crippen molar-refractivity contribution in [2.75, 3.05) is 33.4 Å². The fourth-order valence-corrected chi connectivity index (χ4v) is 5.11. The Morgan fingerprint density at radius 1 is 0.920 bits per heavy atom. The number of nitrogens with one attached hydrogen (secondary N) is 5. The van der Waals surface area contributed by atoms with Gasteiger partial charge in [0.2, 0.25) is 23.6 Å². The normalized spacial score (nSPS) is 19.0. The molecule has 0 unspecified atom stereocenters. The molecule has 14 heteroatoms. The van der Waals surface area contributed by atoms with Crippen LogP contribution in [0.5, 0.6) is 23.0 Å². The Labute approximate surface area is 290 Å². The standard InChI is InChI=1S/C36H43N5O9/c1-22(2)32-36(47)38-17-19-50-30-7-5-4-6-27(30)33(44)40-29(34(45)37-16-18-49-26-14-12-25(48-3)13-15-26)21-31(43)39-28(35(46)41-32)20-23-8-10-24(42)11-9-23/h4-15,22,28-29,32,42H,16-21H2,1-3H3,(H,37,45)(H,38,47)(H,39,43)(H,40,44)(H,41,46)/t28-,29-,32+/m0/s1. The van der Waals surface area contributed by atoms with Gasteiger partial charge in [0.1, 0.15) is 54.3 Å².